The second kappa shape index (κ2) is 5.91. The fraction of sp³-hybridized carbons (Fsp3) is 0.214. The number of aromatic amines is 1. The summed E-state index contributed by atoms with van der Waals surface area (Å²) in [7, 11) is 0. The van der Waals surface area contributed by atoms with Crippen LogP contribution >= 0.6 is 23.4 Å². The molecule has 0 bridgehead atoms. The Morgan fingerprint density at radius 3 is 2.67 bits per heavy atom. The molecule has 0 aliphatic carbocycles. The highest BCUT2D eigenvalue weighted by molar-refractivity contribution is 7.98. The number of benzene rings is 1. The third kappa shape index (κ3) is 2.96. The lowest BCUT2D eigenvalue weighted by Gasteiger charge is -2.02. The lowest BCUT2D eigenvalue weighted by molar-refractivity contribution is 0.863. The summed E-state index contributed by atoms with van der Waals surface area (Å²) in [5, 5.41) is 12.8. The summed E-state index contributed by atoms with van der Waals surface area (Å²) in [5.41, 5.74) is 2.88. The molecule has 21 heavy (non-hydrogen) atoms. The van der Waals surface area contributed by atoms with Crippen molar-refractivity contribution >= 4 is 23.4 Å². The summed E-state index contributed by atoms with van der Waals surface area (Å²) in [4.78, 5) is 4.28. The van der Waals surface area contributed by atoms with E-state index in [9.17, 15) is 0 Å². The number of thioether (sulfide) groups is 1. The Morgan fingerprint density at radius 1 is 1.24 bits per heavy atom. The van der Waals surface area contributed by atoms with Gasteiger partial charge in [-0.1, -0.05) is 41.6 Å². The van der Waals surface area contributed by atoms with Gasteiger partial charge in [0.15, 0.2) is 0 Å². The second-order valence-electron chi connectivity index (χ2n) is 4.59. The Labute approximate surface area is 131 Å². The van der Waals surface area contributed by atoms with E-state index in [1.54, 1.807) is 4.68 Å². The van der Waals surface area contributed by atoms with E-state index in [0.29, 0.717) is 10.9 Å². The number of para-hydroxylation sites is 1. The van der Waals surface area contributed by atoms with E-state index >= 15 is 0 Å². The van der Waals surface area contributed by atoms with Gasteiger partial charge in [-0.05, 0) is 26.0 Å². The van der Waals surface area contributed by atoms with Crippen molar-refractivity contribution in [3.8, 4) is 5.69 Å². The summed E-state index contributed by atoms with van der Waals surface area (Å²) in [6.45, 7) is 3.84. The topological polar surface area (TPSA) is 59.4 Å². The Balaban J connectivity index is 1.85. The van der Waals surface area contributed by atoms with Crippen molar-refractivity contribution < 1.29 is 0 Å². The molecule has 7 heteroatoms. The number of H-pyrrole nitrogens is 1. The van der Waals surface area contributed by atoms with E-state index in [-0.39, 0.29) is 0 Å². The molecule has 108 valence electrons. The van der Waals surface area contributed by atoms with Crippen LogP contribution in [0.1, 0.15) is 17.1 Å². The van der Waals surface area contributed by atoms with Gasteiger partial charge >= 0.3 is 0 Å². The van der Waals surface area contributed by atoms with E-state index in [4.69, 9.17) is 11.6 Å². The molecule has 3 aromatic rings. The second-order valence-corrected chi connectivity index (χ2v) is 5.89. The predicted octanol–water partition coefficient (Wildman–Crippen LogP) is 3.55. The van der Waals surface area contributed by atoms with Gasteiger partial charge in [-0.2, -0.15) is 5.10 Å². The minimum Gasteiger partial charge on any atom is -0.262 e. The van der Waals surface area contributed by atoms with Gasteiger partial charge < -0.3 is 0 Å². The molecule has 0 aliphatic rings. The van der Waals surface area contributed by atoms with Gasteiger partial charge in [-0.25, -0.2) is 9.67 Å². The van der Waals surface area contributed by atoms with E-state index in [0.717, 1.165) is 27.9 Å². The lowest BCUT2D eigenvalue weighted by atomic mass is 10.3. The number of rotatable bonds is 4. The van der Waals surface area contributed by atoms with Crippen LogP contribution in [0, 0.1) is 13.8 Å². The number of nitrogens with one attached hydrogen (secondary N) is 1. The van der Waals surface area contributed by atoms with Crippen LogP contribution in [0.3, 0.4) is 0 Å². The summed E-state index contributed by atoms with van der Waals surface area (Å²) in [6.07, 6.45) is 0. The van der Waals surface area contributed by atoms with E-state index in [2.05, 4.69) is 20.3 Å². The zero-order valence-corrected chi connectivity index (χ0v) is 13.2. The molecule has 0 saturated heterocycles. The standard InChI is InChI=1S/C14H14ClN5S/c1-9-12(8-21-14-16-10(2)17-18-14)13(15)20(19-9)11-6-4-3-5-7-11/h3-7H,8H2,1-2H3,(H,16,17,18). The zero-order valence-electron chi connectivity index (χ0n) is 11.7. The summed E-state index contributed by atoms with van der Waals surface area (Å²) >= 11 is 8.01. The number of aryl methyl sites for hydroxylation is 2. The van der Waals surface area contributed by atoms with Crippen molar-refractivity contribution in [3.05, 3.63) is 52.6 Å². The van der Waals surface area contributed by atoms with Crippen LogP contribution in [0.5, 0.6) is 0 Å². The maximum Gasteiger partial charge on any atom is 0.208 e. The van der Waals surface area contributed by atoms with Gasteiger partial charge in [0, 0.05) is 11.3 Å². The maximum absolute atomic E-state index is 6.47. The molecule has 0 spiro atoms. The highest BCUT2D eigenvalue weighted by Crippen LogP contribution is 2.29. The molecule has 3 rings (SSSR count). The number of nitrogens with zero attached hydrogens (tertiary/aromatic N) is 4. The lowest BCUT2D eigenvalue weighted by Crippen LogP contribution is -1.96. The molecule has 0 aliphatic heterocycles. The average molecular weight is 320 g/mol. The summed E-state index contributed by atoms with van der Waals surface area (Å²) in [5.74, 6) is 1.50. The highest BCUT2D eigenvalue weighted by Gasteiger charge is 2.15. The van der Waals surface area contributed by atoms with Crippen molar-refractivity contribution in [2.24, 2.45) is 0 Å². The van der Waals surface area contributed by atoms with Crippen LogP contribution in [-0.2, 0) is 5.75 Å². The molecule has 5 nitrogen and oxygen atoms in total. The molecule has 2 aromatic heterocycles. The van der Waals surface area contributed by atoms with Crippen molar-refractivity contribution in [1.29, 1.82) is 0 Å². The highest BCUT2D eigenvalue weighted by atomic mass is 35.5. The summed E-state index contributed by atoms with van der Waals surface area (Å²) in [6, 6.07) is 9.86. The first kappa shape index (κ1) is 14.2. The Hall–Kier alpha value is -1.79. The fourth-order valence-corrected chi connectivity index (χ4v) is 3.31. The Morgan fingerprint density at radius 2 is 2.00 bits per heavy atom. The van der Waals surface area contributed by atoms with E-state index in [1.165, 1.54) is 11.8 Å². The van der Waals surface area contributed by atoms with Crippen LogP contribution in [0.4, 0.5) is 0 Å². The molecule has 0 fully saturated rings. The molecule has 1 N–H and O–H groups in total. The number of hydrogen-bond acceptors (Lipinski definition) is 4. The van der Waals surface area contributed by atoms with Crippen molar-refractivity contribution in [2.75, 3.05) is 0 Å². The van der Waals surface area contributed by atoms with Gasteiger partial charge in [0.05, 0.1) is 11.4 Å². The van der Waals surface area contributed by atoms with Crippen LogP contribution in [-0.4, -0.2) is 25.0 Å². The zero-order chi connectivity index (χ0) is 14.8. The van der Waals surface area contributed by atoms with Crippen molar-refractivity contribution in [3.63, 3.8) is 0 Å². The minimum absolute atomic E-state index is 0.637. The van der Waals surface area contributed by atoms with E-state index < -0.39 is 0 Å². The third-order valence-electron chi connectivity index (χ3n) is 3.04. The largest absolute Gasteiger partial charge is 0.262 e. The van der Waals surface area contributed by atoms with Crippen LogP contribution in [0.25, 0.3) is 5.69 Å². The third-order valence-corrected chi connectivity index (χ3v) is 4.31. The van der Waals surface area contributed by atoms with Crippen LogP contribution in [0.15, 0.2) is 35.5 Å². The first-order valence-corrected chi connectivity index (χ1v) is 7.82. The number of aromatic nitrogens is 5. The van der Waals surface area contributed by atoms with Gasteiger partial charge in [0.1, 0.15) is 11.0 Å². The molecule has 0 saturated carbocycles. The molecular formula is C14H14ClN5S. The predicted molar refractivity (Wildman–Crippen MR) is 84.0 cm³/mol. The quantitative estimate of drug-likeness (QED) is 0.747. The van der Waals surface area contributed by atoms with Crippen molar-refractivity contribution in [1.82, 2.24) is 25.0 Å². The number of hydrogen-bond donors (Lipinski definition) is 1. The van der Waals surface area contributed by atoms with Gasteiger partial charge in [0.2, 0.25) is 5.16 Å². The first-order chi connectivity index (χ1) is 10.1. The molecule has 0 atom stereocenters. The normalized spacial score (nSPS) is 11.0. The maximum atomic E-state index is 6.47. The van der Waals surface area contributed by atoms with E-state index in [1.807, 2.05) is 44.2 Å². The monoisotopic (exact) mass is 319 g/mol. The summed E-state index contributed by atoms with van der Waals surface area (Å²) < 4.78 is 1.76. The minimum atomic E-state index is 0.637. The average Bonchev–Trinajstić information content (AvgIpc) is 3.02. The van der Waals surface area contributed by atoms with Gasteiger partial charge in [-0.3, -0.25) is 5.10 Å². The number of halogens is 1. The Bertz CT molecular complexity index is 750. The SMILES string of the molecule is Cc1nc(SCc2c(C)nn(-c3ccccc3)c2Cl)n[nH]1. The van der Waals surface area contributed by atoms with Gasteiger partial charge in [-0.15, -0.1) is 5.10 Å². The molecule has 1 aromatic carbocycles. The fourth-order valence-electron chi connectivity index (χ4n) is 1.96. The Kier molecular flexibility index (Phi) is 3.98. The van der Waals surface area contributed by atoms with Crippen LogP contribution in [0.2, 0.25) is 5.15 Å². The molecule has 0 unspecified atom stereocenters. The molecule has 2 heterocycles. The van der Waals surface area contributed by atoms with Gasteiger partial charge in [0.25, 0.3) is 0 Å². The molecule has 0 radical (unpaired) electrons. The van der Waals surface area contributed by atoms with Crippen LogP contribution < -0.4 is 0 Å². The molecular weight excluding hydrogens is 306 g/mol. The first-order valence-electron chi connectivity index (χ1n) is 6.46. The van der Waals surface area contributed by atoms with Crippen molar-refractivity contribution in [2.45, 2.75) is 24.8 Å². The smallest absolute Gasteiger partial charge is 0.208 e. The molecule has 0 amide bonds.